The molecule has 1 aliphatic rings. The predicted octanol–water partition coefficient (Wildman–Crippen LogP) is -0.321. The second-order valence-electron chi connectivity index (χ2n) is 6.25. The first-order valence-electron chi connectivity index (χ1n) is 8.39. The molecule has 0 bridgehead atoms. The monoisotopic (exact) mass is 558 g/mol. The summed E-state index contributed by atoms with van der Waals surface area (Å²) in [6, 6.07) is 0. The average Bonchev–Trinajstić information content (AvgIpc) is 2.91. The van der Waals surface area contributed by atoms with Crippen molar-refractivity contribution < 1.29 is 36.4 Å². The highest BCUT2D eigenvalue weighted by molar-refractivity contribution is 14.1. The van der Waals surface area contributed by atoms with Crippen molar-refractivity contribution in [3.8, 4) is 0 Å². The lowest BCUT2D eigenvalue weighted by molar-refractivity contribution is -0.155. The van der Waals surface area contributed by atoms with Gasteiger partial charge >= 0.3 is 17.6 Å². The summed E-state index contributed by atoms with van der Waals surface area (Å²) in [7, 11) is -4.06. The van der Waals surface area contributed by atoms with Gasteiger partial charge in [-0.05, 0) is 10.2 Å². The van der Waals surface area contributed by atoms with Crippen LogP contribution in [0.2, 0.25) is 0 Å². The van der Waals surface area contributed by atoms with Crippen molar-refractivity contribution in [1.82, 2.24) is 9.55 Å². The molecule has 1 aromatic rings. The van der Waals surface area contributed by atoms with Crippen LogP contribution in [-0.4, -0.2) is 61.1 Å². The van der Waals surface area contributed by atoms with E-state index in [1.54, 1.807) is 0 Å². The summed E-state index contributed by atoms with van der Waals surface area (Å²) in [6.45, 7) is 1.79. The predicted molar refractivity (Wildman–Crippen MR) is 110 cm³/mol. The number of esters is 2. The number of aromatic amines is 1. The van der Waals surface area contributed by atoms with E-state index >= 15 is 0 Å². The third kappa shape index (κ3) is 6.23. The molecule has 0 aliphatic carbocycles. The third-order valence-electron chi connectivity index (χ3n) is 3.84. The van der Waals surface area contributed by atoms with E-state index in [0.29, 0.717) is 0 Å². The summed E-state index contributed by atoms with van der Waals surface area (Å²) in [5, 5.41) is 0. The molecule has 0 amide bonds. The number of H-pyrrole nitrogens is 1. The van der Waals surface area contributed by atoms with Crippen LogP contribution in [0.25, 0.3) is 6.08 Å². The molecule has 12 nitrogen and oxygen atoms in total. The molecular weight excluding hydrogens is 539 g/mol. The fraction of sp³-hybridized carbons (Fsp3) is 0.500. The fourth-order valence-electron chi connectivity index (χ4n) is 2.78. The quantitative estimate of drug-likeness (QED) is 0.267. The number of carbonyl (C=O) groups excluding carboxylic acids is 2. The molecule has 2 rings (SSSR count). The molecular formula is C16H19IN2O10S. The molecule has 1 aliphatic heterocycles. The molecule has 0 saturated carbocycles. The molecule has 0 radical (unpaired) electrons. The Balaban J connectivity index is 2.57. The Morgan fingerprint density at radius 2 is 1.93 bits per heavy atom. The van der Waals surface area contributed by atoms with Crippen molar-refractivity contribution in [3.63, 3.8) is 0 Å². The van der Waals surface area contributed by atoms with Crippen LogP contribution in [0.3, 0.4) is 0 Å². The Labute approximate surface area is 184 Å². The number of hydrogen-bond donors (Lipinski definition) is 1. The van der Waals surface area contributed by atoms with Gasteiger partial charge in [-0.2, -0.15) is 8.42 Å². The van der Waals surface area contributed by atoms with Gasteiger partial charge in [0.15, 0.2) is 12.3 Å². The summed E-state index contributed by atoms with van der Waals surface area (Å²) in [6.07, 6.45) is -2.01. The Morgan fingerprint density at radius 1 is 1.27 bits per heavy atom. The third-order valence-corrected chi connectivity index (χ3v) is 4.77. The highest BCUT2D eigenvalue weighted by Gasteiger charge is 2.51. The minimum Gasteiger partial charge on any atom is -0.463 e. The molecule has 0 aromatic carbocycles. The standard InChI is InChI=1S/C16H19IN2O10S/c1-8(20)26-7-11-12(29-30(3,24)25)13(27-9(2)21)15(28-11)19-6-10(4-5-17)14(22)18-16(19)23/h4-6,11-13,15H,7H2,1-3H3,(H,18,22,23)/b5-4+/t11-,12+,13-,15-/m1/s1. The maximum atomic E-state index is 12.4. The smallest absolute Gasteiger partial charge is 0.330 e. The van der Waals surface area contributed by atoms with E-state index in [1.165, 1.54) is 16.4 Å². The van der Waals surface area contributed by atoms with Gasteiger partial charge in [-0.25, -0.2) is 4.79 Å². The number of aromatic nitrogens is 2. The van der Waals surface area contributed by atoms with Gasteiger partial charge < -0.3 is 14.2 Å². The molecule has 1 N–H and O–H groups in total. The first kappa shape index (κ1) is 24.2. The number of ether oxygens (including phenoxy) is 3. The first-order chi connectivity index (χ1) is 13.9. The highest BCUT2D eigenvalue weighted by Crippen LogP contribution is 2.34. The van der Waals surface area contributed by atoms with Crippen LogP contribution in [0.1, 0.15) is 25.6 Å². The topological polar surface area (TPSA) is 160 Å². The van der Waals surface area contributed by atoms with Gasteiger partial charge in [0, 0.05) is 20.0 Å². The number of rotatable bonds is 7. The van der Waals surface area contributed by atoms with Crippen LogP contribution < -0.4 is 11.2 Å². The SMILES string of the molecule is CC(=O)OC[C@H]1O[C@@H](n2cc(/C=C/I)c(=O)[nH]c2=O)[C@H](OC(C)=O)[C@H]1OS(C)(=O)=O. The Bertz CT molecular complexity index is 1060. The van der Waals surface area contributed by atoms with E-state index in [-0.39, 0.29) is 5.56 Å². The van der Waals surface area contributed by atoms with Crippen molar-refractivity contribution in [2.45, 2.75) is 38.4 Å². The largest absolute Gasteiger partial charge is 0.463 e. The Kier molecular flexibility index (Phi) is 7.95. The summed E-state index contributed by atoms with van der Waals surface area (Å²) in [4.78, 5) is 49.3. The molecule has 1 fully saturated rings. The van der Waals surface area contributed by atoms with Gasteiger partial charge in [-0.1, -0.05) is 22.6 Å². The van der Waals surface area contributed by atoms with Gasteiger partial charge in [0.05, 0.1) is 11.8 Å². The van der Waals surface area contributed by atoms with E-state index in [1.807, 2.05) is 22.6 Å². The second-order valence-corrected chi connectivity index (χ2v) is 8.57. The molecule has 0 spiro atoms. The number of nitrogens with zero attached hydrogens (tertiary/aromatic N) is 1. The van der Waals surface area contributed by atoms with E-state index in [9.17, 15) is 27.6 Å². The Morgan fingerprint density at radius 3 is 2.47 bits per heavy atom. The van der Waals surface area contributed by atoms with Crippen LogP contribution >= 0.6 is 22.6 Å². The number of nitrogens with one attached hydrogen (secondary N) is 1. The first-order valence-corrected chi connectivity index (χ1v) is 11.5. The molecule has 30 heavy (non-hydrogen) atoms. The minimum atomic E-state index is -4.06. The fourth-order valence-corrected chi connectivity index (χ4v) is 3.80. The maximum absolute atomic E-state index is 12.4. The van der Waals surface area contributed by atoms with Crippen molar-refractivity contribution >= 4 is 50.7 Å². The molecule has 1 saturated heterocycles. The lowest BCUT2D eigenvalue weighted by Crippen LogP contribution is -2.42. The zero-order valence-corrected chi connectivity index (χ0v) is 19.0. The van der Waals surface area contributed by atoms with Crippen molar-refractivity contribution in [2.24, 2.45) is 0 Å². The molecule has 1 aromatic heterocycles. The number of carbonyl (C=O) groups is 2. The van der Waals surface area contributed by atoms with Crippen LogP contribution in [-0.2, 0) is 38.1 Å². The van der Waals surface area contributed by atoms with Crippen LogP contribution in [0, 0.1) is 0 Å². The summed E-state index contributed by atoms with van der Waals surface area (Å²) in [5.74, 6) is -1.46. The second kappa shape index (κ2) is 9.84. The lowest BCUT2D eigenvalue weighted by Gasteiger charge is -2.23. The maximum Gasteiger partial charge on any atom is 0.330 e. The zero-order valence-electron chi connectivity index (χ0n) is 16.1. The van der Waals surface area contributed by atoms with E-state index in [2.05, 4.69) is 4.98 Å². The minimum absolute atomic E-state index is 0.0955. The molecule has 0 unspecified atom stereocenters. The number of halogens is 1. The van der Waals surface area contributed by atoms with Crippen LogP contribution in [0.15, 0.2) is 19.9 Å². The van der Waals surface area contributed by atoms with Gasteiger partial charge in [-0.3, -0.25) is 28.1 Å². The van der Waals surface area contributed by atoms with E-state index in [0.717, 1.165) is 24.7 Å². The summed E-state index contributed by atoms with van der Waals surface area (Å²) < 4.78 is 46.8. The normalized spacial score (nSPS) is 24.1. The van der Waals surface area contributed by atoms with Gasteiger partial charge in [0.25, 0.3) is 15.7 Å². The van der Waals surface area contributed by atoms with Crippen molar-refractivity contribution in [3.05, 3.63) is 36.7 Å². The van der Waals surface area contributed by atoms with Gasteiger partial charge in [0.1, 0.15) is 18.8 Å². The van der Waals surface area contributed by atoms with E-state index in [4.69, 9.17) is 18.4 Å². The van der Waals surface area contributed by atoms with Crippen molar-refractivity contribution in [2.75, 3.05) is 12.9 Å². The summed E-state index contributed by atoms with van der Waals surface area (Å²) in [5.41, 5.74) is -1.45. The zero-order chi connectivity index (χ0) is 22.6. The lowest BCUT2D eigenvalue weighted by atomic mass is 10.1. The molecule has 4 atom stereocenters. The van der Waals surface area contributed by atoms with Gasteiger partial charge in [0.2, 0.25) is 0 Å². The molecule has 14 heteroatoms. The average molecular weight is 558 g/mol. The van der Waals surface area contributed by atoms with E-state index < -0.39 is 64.5 Å². The van der Waals surface area contributed by atoms with Gasteiger partial charge in [-0.15, -0.1) is 0 Å². The van der Waals surface area contributed by atoms with Crippen LogP contribution in [0.5, 0.6) is 0 Å². The van der Waals surface area contributed by atoms with Crippen LogP contribution in [0.4, 0.5) is 0 Å². The van der Waals surface area contributed by atoms with Crippen molar-refractivity contribution in [1.29, 1.82) is 0 Å². The Hall–Kier alpha value is -2.04. The summed E-state index contributed by atoms with van der Waals surface area (Å²) >= 11 is 1.88. The molecule has 166 valence electrons. The molecule has 2 heterocycles. The number of hydrogen-bond acceptors (Lipinski definition) is 10. The highest BCUT2D eigenvalue weighted by atomic mass is 127.